The summed E-state index contributed by atoms with van der Waals surface area (Å²) in [6, 6.07) is 2.15. The van der Waals surface area contributed by atoms with Crippen molar-refractivity contribution in [3.63, 3.8) is 0 Å². The second-order valence-electron chi connectivity index (χ2n) is 4.76. The van der Waals surface area contributed by atoms with Crippen LogP contribution in [0.15, 0.2) is 9.95 Å². The maximum Gasteiger partial charge on any atom is 0.344 e. The molecule has 0 aliphatic heterocycles. The summed E-state index contributed by atoms with van der Waals surface area (Å²) in [6.07, 6.45) is 1.44. The molecule has 1 unspecified atom stereocenters. The Labute approximate surface area is 111 Å². The van der Waals surface area contributed by atoms with Gasteiger partial charge in [-0.2, -0.15) is 5.26 Å². The van der Waals surface area contributed by atoms with Gasteiger partial charge in [-0.05, 0) is 33.6 Å². The number of hydrogen-bond donors (Lipinski definition) is 2. The molecule has 7 heteroatoms. The van der Waals surface area contributed by atoms with E-state index in [-0.39, 0.29) is 11.7 Å². The van der Waals surface area contributed by atoms with Gasteiger partial charge in [0.25, 0.3) is 0 Å². The number of thioether (sulfide) groups is 1. The molecule has 0 aliphatic rings. The van der Waals surface area contributed by atoms with Crippen molar-refractivity contribution in [3.05, 3.63) is 10.5 Å². The monoisotopic (exact) mass is 269 g/mol. The molecule has 0 bridgehead atoms. The highest BCUT2D eigenvalue weighted by molar-refractivity contribution is 7.99. The third-order valence-corrected chi connectivity index (χ3v) is 3.55. The van der Waals surface area contributed by atoms with Crippen molar-refractivity contribution in [1.82, 2.24) is 14.8 Å². The van der Waals surface area contributed by atoms with Crippen LogP contribution in [0.4, 0.5) is 0 Å². The van der Waals surface area contributed by atoms with Gasteiger partial charge in [-0.15, -0.1) is 5.10 Å². The van der Waals surface area contributed by atoms with Gasteiger partial charge in [0.15, 0.2) is 5.16 Å². The molecule has 1 atom stereocenters. The molecule has 1 rings (SSSR count). The second-order valence-corrected chi connectivity index (χ2v) is 5.82. The Bertz CT molecular complexity index is 482. The topological polar surface area (TPSA) is 100 Å². The van der Waals surface area contributed by atoms with Crippen molar-refractivity contribution in [2.45, 2.75) is 50.4 Å². The van der Waals surface area contributed by atoms with E-state index in [1.165, 1.54) is 11.8 Å². The Morgan fingerprint density at radius 2 is 2.33 bits per heavy atom. The molecule has 1 aromatic heterocycles. The smallest absolute Gasteiger partial charge is 0.314 e. The van der Waals surface area contributed by atoms with Gasteiger partial charge in [0.05, 0.1) is 6.07 Å². The maximum atomic E-state index is 11.5. The summed E-state index contributed by atoms with van der Waals surface area (Å²) in [6.45, 7) is 5.59. The molecule has 0 aliphatic carbocycles. The van der Waals surface area contributed by atoms with E-state index in [1.54, 1.807) is 11.5 Å². The van der Waals surface area contributed by atoms with Gasteiger partial charge in [-0.1, -0.05) is 11.8 Å². The van der Waals surface area contributed by atoms with E-state index in [9.17, 15) is 4.79 Å². The molecule has 100 valence electrons. The predicted molar refractivity (Wildman–Crippen MR) is 71.4 cm³/mol. The number of aromatic amines is 1. The minimum absolute atomic E-state index is 0.0811. The summed E-state index contributed by atoms with van der Waals surface area (Å²) in [7, 11) is 0. The summed E-state index contributed by atoms with van der Waals surface area (Å²) in [5.41, 5.74) is 4.77. The Balaban J connectivity index is 2.51. The first-order valence-corrected chi connectivity index (χ1v) is 6.86. The lowest BCUT2D eigenvalue weighted by molar-refractivity contribution is 0.530. The minimum atomic E-state index is -0.774. The van der Waals surface area contributed by atoms with Crippen LogP contribution in [0.2, 0.25) is 0 Å². The highest BCUT2D eigenvalue weighted by Crippen LogP contribution is 2.19. The molecule has 0 spiro atoms. The van der Waals surface area contributed by atoms with Gasteiger partial charge in [0, 0.05) is 11.8 Å². The van der Waals surface area contributed by atoms with Gasteiger partial charge >= 0.3 is 5.69 Å². The molecule has 6 nitrogen and oxygen atoms in total. The van der Waals surface area contributed by atoms with E-state index < -0.39 is 5.54 Å². The van der Waals surface area contributed by atoms with Crippen molar-refractivity contribution in [3.8, 4) is 6.07 Å². The summed E-state index contributed by atoms with van der Waals surface area (Å²) < 4.78 is 1.62. The summed E-state index contributed by atoms with van der Waals surface area (Å²) in [5, 5.41) is 15.9. The lowest BCUT2D eigenvalue weighted by Crippen LogP contribution is -2.33. The molecular weight excluding hydrogens is 250 g/mol. The number of rotatable bonds is 6. The first kappa shape index (κ1) is 14.8. The standard InChI is InChI=1S/C11H19N5OS/c1-8(2)16-9(17)14-15-10(16)18-6-4-5-11(3,13)7-12/h8H,4-6,13H2,1-3H3,(H,14,17). The quantitative estimate of drug-likeness (QED) is 0.598. The van der Waals surface area contributed by atoms with Crippen LogP contribution in [0.25, 0.3) is 0 Å². The fourth-order valence-electron chi connectivity index (χ4n) is 1.51. The molecule has 3 N–H and O–H groups in total. The van der Waals surface area contributed by atoms with Crippen LogP contribution in [0, 0.1) is 11.3 Å². The van der Waals surface area contributed by atoms with Gasteiger partial charge in [-0.25, -0.2) is 9.89 Å². The summed E-state index contributed by atoms with van der Waals surface area (Å²) in [4.78, 5) is 11.5. The van der Waals surface area contributed by atoms with Crippen molar-refractivity contribution in [2.75, 3.05) is 5.75 Å². The highest BCUT2D eigenvalue weighted by atomic mass is 32.2. The Kier molecular flexibility index (Phi) is 4.99. The van der Waals surface area contributed by atoms with Crippen LogP contribution >= 0.6 is 11.8 Å². The number of nitrogens with two attached hydrogens (primary N) is 1. The Morgan fingerprint density at radius 1 is 1.67 bits per heavy atom. The summed E-state index contributed by atoms with van der Waals surface area (Å²) >= 11 is 1.50. The molecule has 0 amide bonds. The SMILES string of the molecule is CC(C)n1c(SCCCC(C)(N)C#N)n[nH]c1=O. The third kappa shape index (κ3) is 3.89. The van der Waals surface area contributed by atoms with E-state index in [4.69, 9.17) is 11.0 Å². The second kappa shape index (κ2) is 6.07. The van der Waals surface area contributed by atoms with Crippen molar-refractivity contribution in [1.29, 1.82) is 5.26 Å². The number of nitriles is 1. The highest BCUT2D eigenvalue weighted by Gasteiger charge is 2.17. The van der Waals surface area contributed by atoms with Gasteiger partial charge in [0.2, 0.25) is 0 Å². The zero-order valence-electron chi connectivity index (χ0n) is 10.9. The Hall–Kier alpha value is -1.26. The lowest BCUT2D eigenvalue weighted by Gasteiger charge is -2.14. The van der Waals surface area contributed by atoms with Crippen LogP contribution in [-0.4, -0.2) is 26.1 Å². The fourth-order valence-corrected chi connectivity index (χ4v) is 2.52. The van der Waals surface area contributed by atoms with E-state index in [1.807, 2.05) is 13.8 Å². The van der Waals surface area contributed by atoms with Crippen molar-refractivity contribution < 1.29 is 0 Å². The first-order valence-electron chi connectivity index (χ1n) is 5.87. The number of nitrogens with one attached hydrogen (secondary N) is 1. The number of hydrogen-bond acceptors (Lipinski definition) is 5. The molecule has 0 radical (unpaired) electrons. The van der Waals surface area contributed by atoms with Gasteiger partial charge in [0.1, 0.15) is 5.54 Å². The number of H-pyrrole nitrogens is 1. The third-order valence-electron chi connectivity index (χ3n) is 2.52. The first-order chi connectivity index (χ1) is 8.37. The van der Waals surface area contributed by atoms with Crippen LogP contribution in [0.1, 0.15) is 39.7 Å². The Morgan fingerprint density at radius 3 is 2.89 bits per heavy atom. The zero-order chi connectivity index (χ0) is 13.8. The summed E-state index contributed by atoms with van der Waals surface area (Å²) in [5.74, 6) is 0.783. The molecule has 18 heavy (non-hydrogen) atoms. The predicted octanol–water partition coefficient (Wildman–Crippen LogP) is 1.27. The van der Waals surface area contributed by atoms with Crippen LogP contribution in [0.5, 0.6) is 0 Å². The average molecular weight is 269 g/mol. The molecule has 0 aromatic carbocycles. The lowest BCUT2D eigenvalue weighted by atomic mass is 10.0. The van der Waals surface area contributed by atoms with Crippen LogP contribution in [-0.2, 0) is 0 Å². The average Bonchev–Trinajstić information content (AvgIpc) is 2.66. The fraction of sp³-hybridized carbons (Fsp3) is 0.727. The molecule has 0 saturated carbocycles. The molecule has 0 fully saturated rings. The number of nitrogens with zero attached hydrogens (tertiary/aromatic N) is 3. The molecule has 0 saturated heterocycles. The normalized spacial score (nSPS) is 14.4. The van der Waals surface area contributed by atoms with E-state index in [0.29, 0.717) is 11.6 Å². The van der Waals surface area contributed by atoms with Gasteiger partial charge in [-0.3, -0.25) is 4.57 Å². The largest absolute Gasteiger partial charge is 0.344 e. The minimum Gasteiger partial charge on any atom is -0.314 e. The van der Waals surface area contributed by atoms with Crippen molar-refractivity contribution in [2.24, 2.45) is 5.73 Å². The van der Waals surface area contributed by atoms with E-state index in [0.717, 1.165) is 12.2 Å². The van der Waals surface area contributed by atoms with Gasteiger partial charge < -0.3 is 5.73 Å². The van der Waals surface area contributed by atoms with E-state index in [2.05, 4.69) is 16.3 Å². The molecule has 1 heterocycles. The van der Waals surface area contributed by atoms with E-state index >= 15 is 0 Å². The maximum absolute atomic E-state index is 11.5. The van der Waals surface area contributed by atoms with Crippen LogP contribution in [0.3, 0.4) is 0 Å². The van der Waals surface area contributed by atoms with Crippen molar-refractivity contribution >= 4 is 11.8 Å². The number of aromatic nitrogens is 3. The van der Waals surface area contributed by atoms with Crippen LogP contribution < -0.4 is 11.4 Å². The molecule has 1 aromatic rings. The zero-order valence-corrected chi connectivity index (χ0v) is 11.8. The molecular formula is C11H19N5OS.